The molecule has 0 spiro atoms. The minimum absolute atomic E-state index is 0.343. The summed E-state index contributed by atoms with van der Waals surface area (Å²) in [6, 6.07) is 10.2. The van der Waals surface area contributed by atoms with E-state index in [9.17, 15) is 0 Å². The van der Waals surface area contributed by atoms with E-state index >= 15 is 0 Å². The van der Waals surface area contributed by atoms with Crippen LogP contribution in [0.3, 0.4) is 0 Å². The Kier molecular flexibility index (Phi) is 4.18. The van der Waals surface area contributed by atoms with E-state index in [2.05, 4.69) is 48.5 Å². The Bertz CT molecular complexity index is 1430. The predicted octanol–water partition coefficient (Wildman–Crippen LogP) is 3.06. The lowest BCUT2D eigenvalue weighted by Gasteiger charge is -2.11. The molecular weight excluding hydrogens is 408 g/mol. The maximum Gasteiger partial charge on any atom is 0.278 e. The van der Waals surface area contributed by atoms with Gasteiger partial charge in [-0.1, -0.05) is 11.2 Å². The van der Waals surface area contributed by atoms with Crippen LogP contribution in [0.15, 0.2) is 53.6 Å². The minimum Gasteiger partial charge on any atom is -0.377 e. The highest BCUT2D eigenvalue weighted by Gasteiger charge is 2.28. The van der Waals surface area contributed by atoms with Gasteiger partial charge in [0.25, 0.3) is 5.89 Å². The van der Waals surface area contributed by atoms with Gasteiger partial charge in [-0.25, -0.2) is 4.98 Å². The number of rotatable bonds is 4. The fraction of sp³-hybridized carbons (Fsp3) is 0.182. The number of pyridine rings is 1. The molecule has 0 unspecified atom stereocenters. The van der Waals surface area contributed by atoms with Gasteiger partial charge in [-0.15, -0.1) is 10.2 Å². The van der Waals surface area contributed by atoms with Crippen LogP contribution in [0, 0.1) is 6.92 Å². The van der Waals surface area contributed by atoms with Gasteiger partial charge >= 0.3 is 0 Å². The van der Waals surface area contributed by atoms with Crippen LogP contribution in [-0.4, -0.2) is 46.5 Å². The third kappa shape index (κ3) is 2.84. The van der Waals surface area contributed by atoms with Crippen LogP contribution in [0.4, 0.5) is 0 Å². The molecular formula is C22H18N8O2. The predicted molar refractivity (Wildman–Crippen MR) is 114 cm³/mol. The molecule has 1 aliphatic heterocycles. The highest BCUT2D eigenvalue weighted by molar-refractivity contribution is 5.78. The molecule has 10 nitrogen and oxygen atoms in total. The summed E-state index contributed by atoms with van der Waals surface area (Å²) < 4.78 is 14.9. The Hall–Kier alpha value is -4.18. The van der Waals surface area contributed by atoms with Crippen LogP contribution in [-0.2, 0) is 17.9 Å². The van der Waals surface area contributed by atoms with Crippen LogP contribution >= 0.6 is 0 Å². The average Bonchev–Trinajstić information content (AvgIpc) is 3.52. The van der Waals surface area contributed by atoms with Gasteiger partial charge in [0.2, 0.25) is 0 Å². The first-order valence-corrected chi connectivity index (χ1v) is 10.1. The molecule has 0 atom stereocenters. The standard InChI is InChI=1S/C22H18N8O2/c1-13-25-22(32-28-13)20-18-10-29-19(11-31-2)26-27-21(29)16-9-15(14-5-7-23-8-6-14)3-4-17(16)30(18)12-24-20/h3-9,12H,10-11H2,1-2H3. The monoisotopic (exact) mass is 426 g/mol. The smallest absolute Gasteiger partial charge is 0.278 e. The van der Waals surface area contributed by atoms with E-state index in [1.54, 1.807) is 32.8 Å². The number of ether oxygens (including phenoxy) is 1. The topological polar surface area (TPSA) is 110 Å². The summed E-state index contributed by atoms with van der Waals surface area (Å²) in [5, 5.41) is 12.8. The SMILES string of the molecule is COCc1nnc2n1Cc1c(-c3nc(C)no3)ncn1-c1ccc(-c3ccncc3)cc1-2. The summed E-state index contributed by atoms with van der Waals surface area (Å²) in [7, 11) is 1.64. The van der Waals surface area contributed by atoms with Crippen molar-refractivity contribution < 1.29 is 9.26 Å². The molecule has 6 rings (SSSR count). The van der Waals surface area contributed by atoms with Gasteiger partial charge in [0.05, 0.1) is 17.9 Å². The van der Waals surface area contributed by atoms with E-state index < -0.39 is 0 Å². The maximum atomic E-state index is 5.42. The Morgan fingerprint density at radius 1 is 1.09 bits per heavy atom. The van der Waals surface area contributed by atoms with Gasteiger partial charge in [-0.2, -0.15) is 4.98 Å². The molecule has 0 saturated carbocycles. The highest BCUT2D eigenvalue weighted by Crippen LogP contribution is 2.37. The molecule has 5 heterocycles. The molecule has 0 bridgehead atoms. The zero-order valence-electron chi connectivity index (χ0n) is 17.4. The van der Waals surface area contributed by atoms with Crippen LogP contribution in [0.2, 0.25) is 0 Å². The summed E-state index contributed by atoms with van der Waals surface area (Å²) in [4.78, 5) is 13.1. The quantitative estimate of drug-likeness (QED) is 0.423. The van der Waals surface area contributed by atoms with E-state index in [1.165, 1.54) is 0 Å². The van der Waals surface area contributed by atoms with E-state index in [1.807, 2.05) is 21.3 Å². The van der Waals surface area contributed by atoms with E-state index in [0.29, 0.717) is 30.6 Å². The normalized spacial score (nSPS) is 12.2. The Morgan fingerprint density at radius 2 is 1.97 bits per heavy atom. The second-order valence-electron chi connectivity index (χ2n) is 7.48. The van der Waals surface area contributed by atoms with E-state index in [-0.39, 0.29) is 0 Å². The third-order valence-corrected chi connectivity index (χ3v) is 5.52. The van der Waals surface area contributed by atoms with Crippen molar-refractivity contribution in [2.24, 2.45) is 0 Å². The first kappa shape index (κ1) is 18.6. The number of imidazole rings is 1. The van der Waals surface area contributed by atoms with Gasteiger partial charge in [0.15, 0.2) is 23.2 Å². The first-order valence-electron chi connectivity index (χ1n) is 10.1. The summed E-state index contributed by atoms with van der Waals surface area (Å²) in [6.45, 7) is 2.61. The van der Waals surface area contributed by atoms with Crippen LogP contribution in [0.1, 0.15) is 17.3 Å². The molecule has 0 fully saturated rings. The number of benzene rings is 1. The van der Waals surface area contributed by atoms with Gasteiger partial charge in [-0.3, -0.25) is 9.55 Å². The lowest BCUT2D eigenvalue weighted by molar-refractivity contribution is 0.174. The van der Waals surface area contributed by atoms with E-state index in [0.717, 1.165) is 39.7 Å². The zero-order chi connectivity index (χ0) is 21.7. The fourth-order valence-corrected chi connectivity index (χ4v) is 4.04. The van der Waals surface area contributed by atoms with Crippen molar-refractivity contribution in [1.82, 2.24) is 39.4 Å². The Morgan fingerprint density at radius 3 is 2.75 bits per heavy atom. The summed E-state index contributed by atoms with van der Waals surface area (Å²) in [6.07, 6.45) is 5.35. The molecule has 0 radical (unpaired) electrons. The number of nitrogens with zero attached hydrogens (tertiary/aromatic N) is 8. The molecule has 0 saturated heterocycles. The van der Waals surface area contributed by atoms with Crippen LogP contribution < -0.4 is 0 Å². The molecule has 0 N–H and O–H groups in total. The van der Waals surface area contributed by atoms with Crippen molar-refractivity contribution >= 4 is 0 Å². The van der Waals surface area contributed by atoms with Gasteiger partial charge in [-0.05, 0) is 42.3 Å². The molecule has 158 valence electrons. The molecule has 0 amide bonds. The summed E-state index contributed by atoms with van der Waals surface area (Å²) in [5.41, 5.74) is 5.57. The number of aryl methyl sites for hydroxylation is 1. The minimum atomic E-state index is 0.343. The van der Waals surface area contributed by atoms with E-state index in [4.69, 9.17) is 9.26 Å². The molecule has 1 aromatic carbocycles. The number of methoxy groups -OCH3 is 1. The molecule has 32 heavy (non-hydrogen) atoms. The second kappa shape index (κ2) is 7.20. The molecule has 1 aliphatic rings. The first-order chi connectivity index (χ1) is 15.7. The van der Waals surface area contributed by atoms with Crippen molar-refractivity contribution in [3.05, 3.63) is 66.4 Å². The molecule has 10 heteroatoms. The number of hydrogen-bond donors (Lipinski definition) is 0. The zero-order valence-corrected chi connectivity index (χ0v) is 17.4. The molecule has 0 aliphatic carbocycles. The van der Waals surface area contributed by atoms with Crippen molar-refractivity contribution in [2.75, 3.05) is 7.11 Å². The fourth-order valence-electron chi connectivity index (χ4n) is 4.04. The Labute approximate surface area is 182 Å². The number of fused-ring (bicyclic) bond motifs is 5. The van der Waals surface area contributed by atoms with Gasteiger partial charge in [0, 0.05) is 25.1 Å². The van der Waals surface area contributed by atoms with Crippen molar-refractivity contribution in [2.45, 2.75) is 20.1 Å². The van der Waals surface area contributed by atoms with Crippen LogP contribution in [0.5, 0.6) is 0 Å². The van der Waals surface area contributed by atoms with Gasteiger partial charge in [0.1, 0.15) is 12.9 Å². The highest BCUT2D eigenvalue weighted by atomic mass is 16.5. The third-order valence-electron chi connectivity index (χ3n) is 5.52. The lowest BCUT2D eigenvalue weighted by Crippen LogP contribution is -2.09. The van der Waals surface area contributed by atoms with Crippen molar-refractivity contribution in [3.8, 4) is 39.8 Å². The summed E-state index contributed by atoms with van der Waals surface area (Å²) in [5.74, 6) is 2.43. The average molecular weight is 426 g/mol. The number of aromatic nitrogens is 8. The van der Waals surface area contributed by atoms with Crippen LogP contribution in [0.25, 0.3) is 39.8 Å². The largest absolute Gasteiger partial charge is 0.377 e. The maximum absolute atomic E-state index is 5.42. The Balaban J connectivity index is 1.60. The van der Waals surface area contributed by atoms with Crippen molar-refractivity contribution in [1.29, 1.82) is 0 Å². The number of hydrogen-bond acceptors (Lipinski definition) is 8. The van der Waals surface area contributed by atoms with Crippen molar-refractivity contribution in [3.63, 3.8) is 0 Å². The lowest BCUT2D eigenvalue weighted by atomic mass is 10.0. The van der Waals surface area contributed by atoms with Gasteiger partial charge < -0.3 is 13.8 Å². The molecule has 5 aromatic rings. The summed E-state index contributed by atoms with van der Waals surface area (Å²) >= 11 is 0. The molecule has 4 aromatic heterocycles. The second-order valence-corrected chi connectivity index (χ2v) is 7.48.